The van der Waals surface area contributed by atoms with E-state index in [1.807, 2.05) is 0 Å². The molecule has 2 aliphatic rings. The number of imide groups is 1. The van der Waals surface area contributed by atoms with Crippen LogP contribution in [0.1, 0.15) is 18.4 Å². The zero-order valence-corrected chi connectivity index (χ0v) is 10.8. The van der Waals surface area contributed by atoms with E-state index in [2.05, 4.69) is 11.8 Å². The molecule has 20 heavy (non-hydrogen) atoms. The molecule has 0 spiro atoms. The third-order valence-corrected chi connectivity index (χ3v) is 3.47. The first-order chi connectivity index (χ1) is 9.70. The van der Waals surface area contributed by atoms with Gasteiger partial charge in [0.25, 0.3) is 11.8 Å². The van der Waals surface area contributed by atoms with Crippen LogP contribution in [0.5, 0.6) is 0 Å². The SMILES string of the molecule is NCC#Cc1ccc(N2C(=O)C3CCC(O3)C2=O)cc1. The van der Waals surface area contributed by atoms with E-state index in [4.69, 9.17) is 10.5 Å². The molecule has 1 aromatic carbocycles. The molecule has 102 valence electrons. The number of hydrogen-bond donors (Lipinski definition) is 1. The van der Waals surface area contributed by atoms with Crippen molar-refractivity contribution in [1.82, 2.24) is 0 Å². The molecule has 0 radical (unpaired) electrons. The van der Waals surface area contributed by atoms with Crippen LogP contribution in [-0.2, 0) is 14.3 Å². The van der Waals surface area contributed by atoms with Crippen LogP contribution in [0.15, 0.2) is 24.3 Å². The molecule has 0 saturated carbocycles. The lowest BCUT2D eigenvalue weighted by Gasteiger charge is -2.29. The lowest BCUT2D eigenvalue weighted by Crippen LogP contribution is -2.52. The van der Waals surface area contributed by atoms with Crippen molar-refractivity contribution in [3.05, 3.63) is 29.8 Å². The summed E-state index contributed by atoms with van der Waals surface area (Å²) in [7, 11) is 0. The van der Waals surface area contributed by atoms with Crippen LogP contribution < -0.4 is 10.6 Å². The van der Waals surface area contributed by atoms with Gasteiger partial charge < -0.3 is 10.5 Å². The number of benzene rings is 1. The molecule has 2 aliphatic heterocycles. The molecule has 2 fully saturated rings. The molecular weight excluding hydrogens is 256 g/mol. The fraction of sp³-hybridized carbons (Fsp3) is 0.333. The molecular formula is C15H14N2O3. The molecule has 2 atom stereocenters. The lowest BCUT2D eigenvalue weighted by atomic mass is 10.1. The van der Waals surface area contributed by atoms with Gasteiger partial charge in [0.05, 0.1) is 12.2 Å². The van der Waals surface area contributed by atoms with Crippen molar-refractivity contribution in [2.45, 2.75) is 25.0 Å². The second-order valence-corrected chi connectivity index (χ2v) is 4.76. The minimum Gasteiger partial charge on any atom is -0.355 e. The predicted octanol–water partition coefficient (Wildman–Crippen LogP) is 0.418. The summed E-state index contributed by atoms with van der Waals surface area (Å²) in [6, 6.07) is 6.99. The van der Waals surface area contributed by atoms with Crippen LogP contribution >= 0.6 is 0 Å². The second-order valence-electron chi connectivity index (χ2n) is 4.76. The lowest BCUT2D eigenvalue weighted by molar-refractivity contribution is -0.146. The second kappa shape index (κ2) is 5.08. The van der Waals surface area contributed by atoms with E-state index in [-0.39, 0.29) is 11.8 Å². The van der Waals surface area contributed by atoms with Crippen LogP contribution in [0, 0.1) is 11.8 Å². The highest BCUT2D eigenvalue weighted by Crippen LogP contribution is 2.31. The van der Waals surface area contributed by atoms with E-state index in [0.717, 1.165) is 5.56 Å². The van der Waals surface area contributed by atoms with Crippen molar-refractivity contribution in [3.8, 4) is 11.8 Å². The van der Waals surface area contributed by atoms with Gasteiger partial charge in [-0.1, -0.05) is 11.8 Å². The van der Waals surface area contributed by atoms with Crippen molar-refractivity contribution < 1.29 is 14.3 Å². The van der Waals surface area contributed by atoms with Crippen molar-refractivity contribution in [2.75, 3.05) is 11.4 Å². The fourth-order valence-electron chi connectivity index (χ4n) is 2.50. The summed E-state index contributed by atoms with van der Waals surface area (Å²) in [5.74, 6) is 5.11. The minimum atomic E-state index is -0.477. The van der Waals surface area contributed by atoms with Gasteiger partial charge in [0.1, 0.15) is 12.2 Å². The Labute approximate surface area is 116 Å². The summed E-state index contributed by atoms with van der Waals surface area (Å²) < 4.78 is 5.37. The number of anilines is 1. The molecule has 2 saturated heterocycles. The van der Waals surface area contributed by atoms with Crippen molar-refractivity contribution in [3.63, 3.8) is 0 Å². The molecule has 5 heteroatoms. The Bertz CT molecular complexity index is 590. The summed E-state index contributed by atoms with van der Waals surface area (Å²) >= 11 is 0. The number of carbonyl (C=O) groups is 2. The van der Waals surface area contributed by atoms with Crippen LogP contribution in [0.2, 0.25) is 0 Å². The van der Waals surface area contributed by atoms with Crippen LogP contribution in [0.4, 0.5) is 5.69 Å². The summed E-state index contributed by atoms with van der Waals surface area (Å²) in [5, 5.41) is 0. The minimum absolute atomic E-state index is 0.274. The molecule has 2 heterocycles. The van der Waals surface area contributed by atoms with Gasteiger partial charge in [0, 0.05) is 5.56 Å². The van der Waals surface area contributed by atoms with E-state index >= 15 is 0 Å². The number of ether oxygens (including phenoxy) is 1. The van der Waals surface area contributed by atoms with Gasteiger partial charge in [-0.3, -0.25) is 9.59 Å². The average Bonchev–Trinajstić information content (AvgIpc) is 2.92. The third kappa shape index (κ3) is 2.09. The zero-order valence-electron chi connectivity index (χ0n) is 10.8. The quantitative estimate of drug-likeness (QED) is 0.593. The van der Waals surface area contributed by atoms with E-state index in [0.29, 0.717) is 25.1 Å². The van der Waals surface area contributed by atoms with Gasteiger partial charge in [-0.2, -0.15) is 0 Å². The monoisotopic (exact) mass is 270 g/mol. The molecule has 0 aliphatic carbocycles. The van der Waals surface area contributed by atoms with Crippen molar-refractivity contribution >= 4 is 17.5 Å². The fourth-order valence-corrected chi connectivity index (χ4v) is 2.50. The van der Waals surface area contributed by atoms with E-state index < -0.39 is 12.2 Å². The first-order valence-electron chi connectivity index (χ1n) is 6.53. The molecule has 2 bridgehead atoms. The van der Waals surface area contributed by atoms with Gasteiger partial charge in [0.2, 0.25) is 0 Å². The Balaban J connectivity index is 1.88. The van der Waals surface area contributed by atoms with Gasteiger partial charge in [-0.15, -0.1) is 0 Å². The number of amides is 2. The average molecular weight is 270 g/mol. The topological polar surface area (TPSA) is 72.6 Å². The van der Waals surface area contributed by atoms with Crippen LogP contribution in [0.3, 0.4) is 0 Å². The number of rotatable bonds is 1. The number of fused-ring (bicyclic) bond motifs is 2. The molecule has 2 amide bonds. The molecule has 0 aromatic heterocycles. The number of carbonyl (C=O) groups excluding carboxylic acids is 2. The number of nitrogens with two attached hydrogens (primary N) is 1. The summed E-state index contributed by atoms with van der Waals surface area (Å²) in [5.41, 5.74) is 6.68. The molecule has 2 N–H and O–H groups in total. The van der Waals surface area contributed by atoms with E-state index in [9.17, 15) is 9.59 Å². The highest BCUT2D eigenvalue weighted by Gasteiger charge is 2.46. The number of nitrogens with zero attached hydrogens (tertiary/aromatic N) is 1. The summed E-state index contributed by atoms with van der Waals surface area (Å²) in [6.07, 6.45) is 0.279. The maximum absolute atomic E-state index is 12.2. The summed E-state index contributed by atoms with van der Waals surface area (Å²) in [6.45, 7) is 0.297. The largest absolute Gasteiger partial charge is 0.355 e. The van der Waals surface area contributed by atoms with Gasteiger partial charge in [-0.05, 0) is 37.1 Å². The van der Waals surface area contributed by atoms with Gasteiger partial charge >= 0.3 is 0 Å². The molecule has 1 aromatic rings. The van der Waals surface area contributed by atoms with E-state index in [1.54, 1.807) is 24.3 Å². The Kier molecular flexibility index (Phi) is 3.26. The highest BCUT2D eigenvalue weighted by atomic mass is 16.5. The van der Waals surface area contributed by atoms with Crippen molar-refractivity contribution in [2.24, 2.45) is 5.73 Å². The standard InChI is InChI=1S/C15H14N2O3/c16-9-1-2-10-3-5-11(6-4-10)17-14(18)12-7-8-13(20-12)15(17)19/h3-6,12-13H,7-9,16H2. The first-order valence-corrected chi connectivity index (χ1v) is 6.53. The molecule has 5 nitrogen and oxygen atoms in total. The Morgan fingerprint density at radius 2 is 1.75 bits per heavy atom. The van der Waals surface area contributed by atoms with Crippen LogP contribution in [-0.4, -0.2) is 30.6 Å². The Hall–Kier alpha value is -2.16. The Morgan fingerprint density at radius 3 is 2.30 bits per heavy atom. The summed E-state index contributed by atoms with van der Waals surface area (Å²) in [4.78, 5) is 25.6. The normalized spacial score (nSPS) is 24.6. The van der Waals surface area contributed by atoms with E-state index in [1.165, 1.54) is 4.90 Å². The number of morpholine rings is 1. The van der Waals surface area contributed by atoms with Gasteiger partial charge in [-0.25, -0.2) is 4.90 Å². The predicted molar refractivity (Wildman–Crippen MR) is 72.8 cm³/mol. The molecule has 2 unspecified atom stereocenters. The maximum Gasteiger partial charge on any atom is 0.262 e. The van der Waals surface area contributed by atoms with Crippen LogP contribution in [0.25, 0.3) is 0 Å². The Morgan fingerprint density at radius 1 is 1.15 bits per heavy atom. The van der Waals surface area contributed by atoms with Crippen molar-refractivity contribution in [1.29, 1.82) is 0 Å². The number of hydrogen-bond acceptors (Lipinski definition) is 4. The third-order valence-electron chi connectivity index (χ3n) is 3.47. The zero-order chi connectivity index (χ0) is 14.1. The smallest absolute Gasteiger partial charge is 0.262 e. The van der Waals surface area contributed by atoms with Gasteiger partial charge in [0.15, 0.2) is 0 Å². The first kappa shape index (κ1) is 12.9. The highest BCUT2D eigenvalue weighted by molar-refractivity contribution is 6.19. The maximum atomic E-state index is 12.2. The molecule has 3 rings (SSSR count).